The molecule has 1 aromatic rings. The number of Topliss-reactive ketones (excluding diaryl/α,β-unsaturated/α-hetero) is 1. The van der Waals surface area contributed by atoms with E-state index in [2.05, 4.69) is 33.7 Å². The van der Waals surface area contributed by atoms with E-state index in [1.165, 1.54) is 12.1 Å². The van der Waals surface area contributed by atoms with E-state index in [4.69, 9.17) is 64.0 Å². The number of ketones is 1. The van der Waals surface area contributed by atoms with Crippen LogP contribution >= 0.6 is 6.49 Å². The number of ether oxygens (including phenoxy) is 6. The molecule has 0 bridgehead atoms. The molecule has 0 aliphatic heterocycles. The van der Waals surface area contributed by atoms with Gasteiger partial charge in [0.1, 0.15) is 31.4 Å². The van der Waals surface area contributed by atoms with Gasteiger partial charge in [-0.1, -0.05) is 43.7 Å². The highest BCUT2D eigenvalue weighted by molar-refractivity contribution is 8.09. The predicted molar refractivity (Wildman–Crippen MR) is 228 cm³/mol. The van der Waals surface area contributed by atoms with Gasteiger partial charge in [-0.15, -0.1) is 19.3 Å². The van der Waals surface area contributed by atoms with Gasteiger partial charge in [-0.2, -0.15) is 0 Å². The molecular weight excluding hydrogens is 802 g/mol. The molecule has 0 saturated heterocycles. The van der Waals surface area contributed by atoms with E-state index in [0.29, 0.717) is 52.7 Å². The first-order chi connectivity index (χ1) is 28.4. The fourth-order valence-electron chi connectivity index (χ4n) is 5.19. The second-order valence-electron chi connectivity index (χ2n) is 13.4. The molecule has 1 rings (SSSR count). The number of carbonyl (C=O) groups excluding carboxylic acids is 4. The Morgan fingerprint density at radius 1 is 0.695 bits per heavy atom. The summed E-state index contributed by atoms with van der Waals surface area (Å²) in [7, 11) is 0. The van der Waals surface area contributed by atoms with E-state index in [9.17, 15) is 24.1 Å². The lowest BCUT2D eigenvalue weighted by atomic mass is 9.82. The summed E-state index contributed by atoms with van der Waals surface area (Å²) >= 11 is 5.36. The molecule has 1 atom stereocenters. The van der Waals surface area contributed by atoms with Crippen LogP contribution in [0.15, 0.2) is 24.3 Å². The van der Waals surface area contributed by atoms with Gasteiger partial charge in [0, 0.05) is 56.6 Å². The Labute approximate surface area is 355 Å². The molecule has 1 unspecified atom stereocenters. The van der Waals surface area contributed by atoms with Gasteiger partial charge in [-0.05, 0) is 49.6 Å². The summed E-state index contributed by atoms with van der Waals surface area (Å²) in [5.41, 5.74) is -1.51. The number of carbonyl (C=O) groups is 4. The molecule has 0 heterocycles. The average molecular weight is 864 g/mol. The van der Waals surface area contributed by atoms with Crippen molar-refractivity contribution in [2.75, 3.05) is 92.4 Å². The molecule has 0 aliphatic carbocycles. The van der Waals surface area contributed by atoms with Gasteiger partial charge in [-0.3, -0.25) is 19.2 Å². The molecule has 59 heavy (non-hydrogen) atoms. The Hall–Kier alpha value is -3.85. The van der Waals surface area contributed by atoms with Crippen LogP contribution in [-0.2, 0) is 54.6 Å². The molecule has 0 radical (unpaired) electrons. The summed E-state index contributed by atoms with van der Waals surface area (Å²) in [6, 6.07) is 6.36. The van der Waals surface area contributed by atoms with Crippen LogP contribution in [-0.4, -0.2) is 132 Å². The first-order valence-electron chi connectivity index (χ1n) is 19.6. The standard InChI is InChI=1S/C42H62N3O12PS/c1-6-23-51-29-32-54-26-11-12-36(46)15-18-42(19-16-39(47)43-21-27-55-33-30-52-24-7-2,20-17-40(48)44-22-28-56-34-31-53-25-8-3)45-41(49)37-13-9-10-14-38(37)57-58(50,59)35(4)5/h1-3,9-10,13-14,35H,11-12,15-34H2,4-5H3,(H,43,47)(H,44,48)(H,45,49)(H,50,59). The van der Waals surface area contributed by atoms with Gasteiger partial charge in [0.05, 0.1) is 58.4 Å². The van der Waals surface area contributed by atoms with Crippen LogP contribution < -0.4 is 20.5 Å². The van der Waals surface area contributed by atoms with Gasteiger partial charge < -0.3 is 53.8 Å². The molecular formula is C42H62N3O12PS. The minimum Gasteiger partial charge on any atom is -0.442 e. The fourth-order valence-corrected chi connectivity index (χ4v) is 6.08. The zero-order chi connectivity index (χ0) is 43.6. The summed E-state index contributed by atoms with van der Waals surface area (Å²) < 4.78 is 37.9. The highest BCUT2D eigenvalue weighted by atomic mass is 32.5. The number of para-hydroxylation sites is 1. The van der Waals surface area contributed by atoms with Crippen molar-refractivity contribution in [2.45, 2.75) is 76.4 Å². The summed E-state index contributed by atoms with van der Waals surface area (Å²) in [6.07, 6.45) is 16.4. The van der Waals surface area contributed by atoms with E-state index in [1.807, 2.05) is 0 Å². The first-order valence-corrected chi connectivity index (χ1v) is 22.4. The van der Waals surface area contributed by atoms with E-state index < -0.39 is 17.9 Å². The number of benzene rings is 1. The number of hydrogen-bond acceptors (Lipinski definition) is 12. The lowest BCUT2D eigenvalue weighted by Gasteiger charge is -2.35. The smallest absolute Gasteiger partial charge is 0.255 e. The highest BCUT2D eigenvalue weighted by Crippen LogP contribution is 2.48. The van der Waals surface area contributed by atoms with Crippen LogP contribution in [0.25, 0.3) is 0 Å². The zero-order valence-corrected chi connectivity index (χ0v) is 36.2. The van der Waals surface area contributed by atoms with Crippen molar-refractivity contribution >= 4 is 41.8 Å². The van der Waals surface area contributed by atoms with Crippen molar-refractivity contribution in [3.63, 3.8) is 0 Å². The summed E-state index contributed by atoms with van der Waals surface area (Å²) in [5.74, 6) is 5.89. The molecule has 0 saturated carbocycles. The molecule has 0 aliphatic rings. The minimum atomic E-state index is -3.32. The average Bonchev–Trinajstić information content (AvgIpc) is 3.21. The number of rotatable bonds is 36. The third kappa shape index (κ3) is 26.1. The molecule has 3 amide bonds. The topological polar surface area (TPSA) is 189 Å². The van der Waals surface area contributed by atoms with Gasteiger partial charge in [0.2, 0.25) is 18.3 Å². The predicted octanol–water partition coefficient (Wildman–Crippen LogP) is 3.17. The van der Waals surface area contributed by atoms with Crippen molar-refractivity contribution in [3.8, 4) is 42.8 Å². The normalized spacial score (nSPS) is 12.1. The Morgan fingerprint density at radius 2 is 1.15 bits per heavy atom. The number of amides is 3. The second kappa shape index (κ2) is 32.9. The van der Waals surface area contributed by atoms with Crippen molar-refractivity contribution < 1.29 is 57.0 Å². The van der Waals surface area contributed by atoms with Crippen LogP contribution in [0.4, 0.5) is 0 Å². The third-order valence-corrected chi connectivity index (χ3v) is 11.7. The quantitative estimate of drug-likeness (QED) is 0.0438. The van der Waals surface area contributed by atoms with Gasteiger partial charge in [-0.25, -0.2) is 0 Å². The zero-order valence-electron chi connectivity index (χ0n) is 34.5. The van der Waals surface area contributed by atoms with Crippen LogP contribution in [0.5, 0.6) is 5.75 Å². The van der Waals surface area contributed by atoms with Crippen LogP contribution in [0.3, 0.4) is 0 Å². The molecule has 15 nitrogen and oxygen atoms in total. The molecule has 0 aromatic heterocycles. The molecule has 17 heteroatoms. The van der Waals surface area contributed by atoms with Crippen LogP contribution in [0.1, 0.15) is 75.6 Å². The van der Waals surface area contributed by atoms with Crippen molar-refractivity contribution in [1.82, 2.24) is 16.0 Å². The molecule has 328 valence electrons. The minimum absolute atomic E-state index is 0.0446. The molecule has 0 fully saturated rings. The largest absolute Gasteiger partial charge is 0.442 e. The van der Waals surface area contributed by atoms with E-state index in [1.54, 1.807) is 26.0 Å². The summed E-state index contributed by atoms with van der Waals surface area (Å²) in [6.45, 7) is 3.83. The Balaban J connectivity index is 3.22. The maximum Gasteiger partial charge on any atom is 0.255 e. The van der Waals surface area contributed by atoms with Gasteiger partial charge >= 0.3 is 0 Å². The monoisotopic (exact) mass is 863 g/mol. The van der Waals surface area contributed by atoms with Crippen molar-refractivity contribution in [2.24, 2.45) is 0 Å². The van der Waals surface area contributed by atoms with E-state index in [0.717, 1.165) is 0 Å². The van der Waals surface area contributed by atoms with Crippen LogP contribution in [0.2, 0.25) is 0 Å². The third-order valence-electron chi connectivity index (χ3n) is 8.49. The highest BCUT2D eigenvalue weighted by Gasteiger charge is 2.35. The lowest BCUT2D eigenvalue weighted by Crippen LogP contribution is -2.50. The second-order valence-corrected chi connectivity index (χ2v) is 17.3. The Kier molecular flexibility index (Phi) is 29.7. The maximum absolute atomic E-state index is 14.2. The number of nitrogens with one attached hydrogen (secondary N) is 3. The SMILES string of the molecule is C#CCOCCOCCCC(=O)CCC(CCC(=O)NCCOCCOCC#C)(CCC(=O)NCCOCCOCC#C)NC(=O)c1ccccc1OP(O)(=S)C(C)C. The molecule has 4 N–H and O–H groups in total. The van der Waals surface area contributed by atoms with Gasteiger partial charge in [0.15, 0.2) is 0 Å². The summed E-state index contributed by atoms with van der Waals surface area (Å²) in [5, 5.41) is 8.70. The Bertz CT molecular complexity index is 1460. The number of terminal acetylenes is 3. The first kappa shape index (κ1) is 53.2. The Morgan fingerprint density at radius 3 is 1.64 bits per heavy atom. The number of hydrogen-bond donors (Lipinski definition) is 4. The van der Waals surface area contributed by atoms with Crippen molar-refractivity contribution in [3.05, 3.63) is 29.8 Å². The fraction of sp³-hybridized carbons (Fsp3) is 0.619. The van der Waals surface area contributed by atoms with E-state index in [-0.39, 0.29) is 126 Å². The summed E-state index contributed by atoms with van der Waals surface area (Å²) in [4.78, 5) is 64.6. The van der Waals surface area contributed by atoms with Crippen molar-refractivity contribution in [1.29, 1.82) is 0 Å². The van der Waals surface area contributed by atoms with E-state index >= 15 is 0 Å². The molecule has 0 spiro atoms. The lowest BCUT2D eigenvalue weighted by molar-refractivity contribution is -0.121. The van der Waals surface area contributed by atoms with Gasteiger partial charge in [0.25, 0.3) is 5.91 Å². The molecule has 1 aromatic carbocycles. The van der Waals surface area contributed by atoms with Crippen LogP contribution in [0, 0.1) is 37.0 Å². The maximum atomic E-state index is 14.2.